The lowest BCUT2D eigenvalue weighted by molar-refractivity contribution is -0.00618. The van der Waals surface area contributed by atoms with Gasteiger partial charge >= 0.3 is 12.1 Å². The summed E-state index contributed by atoms with van der Waals surface area (Å²) in [5, 5.41) is 0.724. The van der Waals surface area contributed by atoms with E-state index in [4.69, 9.17) is 67.5 Å². The Balaban J connectivity index is 1.60. The zero-order valence-corrected chi connectivity index (χ0v) is 17.7. The summed E-state index contributed by atoms with van der Waals surface area (Å²) in [5.74, 6) is -0.490. The van der Waals surface area contributed by atoms with Crippen LogP contribution in [-0.4, -0.2) is 45.5 Å². The summed E-state index contributed by atoms with van der Waals surface area (Å²) < 4.78 is 9.05. The minimum atomic E-state index is -1.65. The van der Waals surface area contributed by atoms with E-state index in [2.05, 4.69) is 0 Å². The van der Waals surface area contributed by atoms with E-state index in [0.29, 0.717) is 28.5 Å². The van der Waals surface area contributed by atoms with Crippen LogP contribution in [0, 0.1) is 0 Å². The molecule has 27 heavy (non-hydrogen) atoms. The largest absolute Gasteiger partial charge is 0.459 e. The fourth-order valence-electron chi connectivity index (χ4n) is 3.63. The minimum absolute atomic E-state index is 0.0765. The van der Waals surface area contributed by atoms with Crippen molar-refractivity contribution < 1.29 is 19.1 Å². The van der Waals surface area contributed by atoms with E-state index >= 15 is 0 Å². The molecule has 3 rings (SSSR count). The van der Waals surface area contributed by atoms with Crippen molar-refractivity contribution in [1.29, 1.82) is 0 Å². The summed E-state index contributed by atoms with van der Waals surface area (Å²) >= 11 is 28.7. The molecular formula is C17H16Cl5NO4. The van der Waals surface area contributed by atoms with E-state index in [0.717, 1.165) is 12.8 Å². The second kappa shape index (κ2) is 8.42. The van der Waals surface area contributed by atoms with Gasteiger partial charge in [-0.3, -0.25) is 0 Å². The number of carbonyl (C=O) groups is 2. The molecule has 2 aliphatic rings. The van der Waals surface area contributed by atoms with E-state index in [9.17, 15) is 9.59 Å². The number of fused-ring (bicyclic) bond motifs is 2. The number of amides is 1. The van der Waals surface area contributed by atoms with Crippen LogP contribution in [0.5, 0.6) is 0 Å². The Bertz CT molecular complexity index is 704. The van der Waals surface area contributed by atoms with Crippen molar-refractivity contribution in [2.24, 2.45) is 0 Å². The van der Waals surface area contributed by atoms with Crippen LogP contribution < -0.4 is 0 Å². The maximum absolute atomic E-state index is 12.4. The number of esters is 1. The number of benzene rings is 1. The highest BCUT2D eigenvalue weighted by atomic mass is 35.6. The van der Waals surface area contributed by atoms with Crippen molar-refractivity contribution in [3.8, 4) is 0 Å². The Morgan fingerprint density at radius 2 is 1.59 bits per heavy atom. The number of rotatable bonds is 3. The number of hydrogen-bond donors (Lipinski definition) is 0. The van der Waals surface area contributed by atoms with Gasteiger partial charge in [-0.25, -0.2) is 9.59 Å². The minimum Gasteiger partial charge on any atom is -0.459 e. The third-order valence-corrected chi connectivity index (χ3v) is 5.40. The Labute approximate surface area is 181 Å². The predicted molar refractivity (Wildman–Crippen MR) is 105 cm³/mol. The van der Waals surface area contributed by atoms with Gasteiger partial charge in [0.15, 0.2) is 0 Å². The molecule has 0 N–H and O–H groups in total. The molecule has 2 aliphatic heterocycles. The highest BCUT2D eigenvalue weighted by Gasteiger charge is 2.45. The van der Waals surface area contributed by atoms with E-state index in [1.54, 1.807) is 11.0 Å². The van der Waals surface area contributed by atoms with Crippen molar-refractivity contribution in [2.45, 2.75) is 47.7 Å². The van der Waals surface area contributed by atoms with Crippen molar-refractivity contribution in [3.05, 3.63) is 33.8 Å². The lowest BCUT2D eigenvalue weighted by atomic mass is 10.00. The average molecular weight is 476 g/mol. The molecule has 0 aromatic heterocycles. The molecule has 5 nitrogen and oxygen atoms in total. The van der Waals surface area contributed by atoms with E-state index in [1.807, 2.05) is 0 Å². The lowest BCUT2D eigenvalue weighted by Gasteiger charge is -2.37. The third-order valence-electron chi connectivity index (χ3n) is 4.63. The highest BCUT2D eigenvalue weighted by Crippen LogP contribution is 2.38. The van der Waals surface area contributed by atoms with Crippen LogP contribution >= 0.6 is 58.0 Å². The van der Waals surface area contributed by atoms with Crippen molar-refractivity contribution in [2.75, 3.05) is 6.61 Å². The Kier molecular flexibility index (Phi) is 6.59. The number of ether oxygens (including phenoxy) is 2. The molecule has 148 valence electrons. The molecule has 0 spiro atoms. The molecule has 1 unspecified atom stereocenters. The molecule has 2 saturated heterocycles. The van der Waals surface area contributed by atoms with Crippen molar-refractivity contribution in [3.63, 3.8) is 0 Å². The van der Waals surface area contributed by atoms with E-state index in [-0.39, 0.29) is 24.8 Å². The smallest absolute Gasteiger partial charge is 0.410 e. The van der Waals surface area contributed by atoms with Gasteiger partial charge in [-0.1, -0.05) is 58.0 Å². The van der Waals surface area contributed by atoms with Crippen LogP contribution in [-0.2, 0) is 9.47 Å². The van der Waals surface area contributed by atoms with E-state index < -0.39 is 15.9 Å². The summed E-state index contributed by atoms with van der Waals surface area (Å²) in [4.78, 5) is 26.4. The Hall–Kier alpha value is -0.590. The molecule has 2 heterocycles. The zero-order chi connectivity index (χ0) is 19.8. The summed E-state index contributed by atoms with van der Waals surface area (Å²) in [6.45, 7) is -0.319. The quantitative estimate of drug-likeness (QED) is 0.419. The second-order valence-corrected chi connectivity index (χ2v) is 10.0. The summed E-state index contributed by atoms with van der Waals surface area (Å²) in [6.07, 6.45) is 1.86. The van der Waals surface area contributed by atoms with Gasteiger partial charge in [0.1, 0.15) is 12.7 Å². The number of nitrogens with zero attached hydrogens (tertiary/aromatic N) is 1. The van der Waals surface area contributed by atoms with Gasteiger partial charge in [-0.05, 0) is 31.0 Å². The van der Waals surface area contributed by atoms with E-state index in [1.165, 1.54) is 12.1 Å². The Morgan fingerprint density at radius 1 is 1.04 bits per heavy atom. The average Bonchev–Trinajstić information content (AvgIpc) is 2.82. The standard InChI is InChI=1S/C17H16Cl5NO4/c18-10-3-9(4-11(19)5-10)15(24)27-14-6-12-1-2-13(7-14)23(12)16(25)26-8-17(20,21)22/h3-5,12-14H,1-2,6-8H2/t12-,13+,14?. The predicted octanol–water partition coefficient (Wildman–Crippen LogP) is 5.65. The van der Waals surface area contributed by atoms with Gasteiger partial charge in [0.2, 0.25) is 3.79 Å². The highest BCUT2D eigenvalue weighted by molar-refractivity contribution is 6.67. The van der Waals surface area contributed by atoms with Gasteiger partial charge in [-0.15, -0.1) is 0 Å². The van der Waals surface area contributed by atoms with Gasteiger partial charge in [0.25, 0.3) is 0 Å². The molecular weight excluding hydrogens is 459 g/mol. The molecule has 2 bridgehead atoms. The maximum Gasteiger partial charge on any atom is 0.410 e. The lowest BCUT2D eigenvalue weighted by Crippen LogP contribution is -2.49. The monoisotopic (exact) mass is 473 g/mol. The third kappa shape index (κ3) is 5.48. The SMILES string of the molecule is O=C(OC1C[C@H]2CC[C@@H](C1)N2C(=O)OCC(Cl)(Cl)Cl)c1cc(Cl)cc(Cl)c1. The van der Waals surface area contributed by atoms with Crippen LogP contribution in [0.1, 0.15) is 36.0 Å². The van der Waals surface area contributed by atoms with Gasteiger partial charge in [0.05, 0.1) is 5.56 Å². The molecule has 0 saturated carbocycles. The van der Waals surface area contributed by atoms with Crippen LogP contribution in [0.25, 0.3) is 0 Å². The number of alkyl halides is 3. The summed E-state index contributed by atoms with van der Waals surface area (Å²) in [7, 11) is 0. The van der Waals surface area contributed by atoms with Gasteiger partial charge in [-0.2, -0.15) is 0 Å². The number of carbonyl (C=O) groups excluding carboxylic acids is 2. The molecule has 10 heteroatoms. The first-order chi connectivity index (χ1) is 12.6. The fourth-order valence-corrected chi connectivity index (χ4v) is 4.32. The molecule has 3 atom stereocenters. The molecule has 1 aromatic rings. The second-order valence-electron chi connectivity index (χ2n) is 6.62. The maximum atomic E-state index is 12.4. The summed E-state index contributed by atoms with van der Waals surface area (Å²) in [6, 6.07) is 4.41. The van der Waals surface area contributed by atoms with Gasteiger partial charge in [0, 0.05) is 35.0 Å². The number of piperidine rings is 1. The van der Waals surface area contributed by atoms with Crippen molar-refractivity contribution >= 4 is 70.1 Å². The van der Waals surface area contributed by atoms with Crippen LogP contribution in [0.2, 0.25) is 10.0 Å². The zero-order valence-electron chi connectivity index (χ0n) is 14.0. The molecule has 0 aliphatic carbocycles. The first kappa shape index (κ1) is 21.1. The molecule has 1 aromatic carbocycles. The molecule has 1 amide bonds. The summed E-state index contributed by atoms with van der Waals surface area (Å²) in [5.41, 5.74) is 0.296. The molecule has 0 radical (unpaired) electrons. The fraction of sp³-hybridized carbons (Fsp3) is 0.529. The number of halogens is 5. The first-order valence-electron chi connectivity index (χ1n) is 8.31. The van der Waals surface area contributed by atoms with Crippen molar-refractivity contribution in [1.82, 2.24) is 4.90 Å². The number of hydrogen-bond acceptors (Lipinski definition) is 4. The topological polar surface area (TPSA) is 55.8 Å². The van der Waals surface area contributed by atoms with Crippen LogP contribution in [0.4, 0.5) is 4.79 Å². The molecule has 2 fully saturated rings. The normalized spacial score (nSPS) is 24.6. The Morgan fingerprint density at radius 3 is 2.11 bits per heavy atom. The van der Waals surface area contributed by atoms with Gasteiger partial charge < -0.3 is 14.4 Å². The first-order valence-corrected chi connectivity index (χ1v) is 10.2. The van der Waals surface area contributed by atoms with Crippen LogP contribution in [0.15, 0.2) is 18.2 Å². The van der Waals surface area contributed by atoms with Crippen LogP contribution in [0.3, 0.4) is 0 Å².